The molecule has 7 heteroatoms. The molecule has 2 heterocycles. The third-order valence-corrected chi connectivity index (χ3v) is 5.03. The molecule has 2 aromatic rings. The van der Waals surface area contributed by atoms with Gasteiger partial charge in [-0.3, -0.25) is 4.79 Å². The van der Waals surface area contributed by atoms with E-state index in [4.69, 9.17) is 27.9 Å². The van der Waals surface area contributed by atoms with Crippen molar-refractivity contribution in [3.8, 4) is 0 Å². The first-order valence-corrected chi connectivity index (χ1v) is 9.18. The summed E-state index contributed by atoms with van der Waals surface area (Å²) < 4.78 is 5.87. The Labute approximate surface area is 157 Å². The Bertz CT molecular complexity index is 698. The lowest BCUT2D eigenvalue weighted by atomic mass is 10.1. The van der Waals surface area contributed by atoms with Gasteiger partial charge >= 0.3 is 0 Å². The van der Waals surface area contributed by atoms with E-state index in [2.05, 4.69) is 9.97 Å². The van der Waals surface area contributed by atoms with Crippen LogP contribution in [0.3, 0.4) is 0 Å². The first kappa shape index (κ1) is 18.2. The van der Waals surface area contributed by atoms with Crippen LogP contribution in [-0.4, -0.2) is 40.0 Å². The number of carbonyl (C=O) groups is 1. The molecule has 0 spiro atoms. The number of hydrogen-bond acceptors (Lipinski definition) is 3. The number of imidazole rings is 1. The minimum atomic E-state index is 0.165. The third kappa shape index (κ3) is 5.21. The average molecular weight is 382 g/mol. The molecule has 1 N–H and O–H groups in total. The summed E-state index contributed by atoms with van der Waals surface area (Å²) in [6.45, 7) is 2.01. The van der Waals surface area contributed by atoms with Gasteiger partial charge in [-0.2, -0.15) is 0 Å². The van der Waals surface area contributed by atoms with Crippen molar-refractivity contribution in [1.29, 1.82) is 0 Å². The summed E-state index contributed by atoms with van der Waals surface area (Å²) in [5.74, 6) is 0.165. The number of ether oxygens (including phenoxy) is 1. The van der Waals surface area contributed by atoms with Crippen molar-refractivity contribution in [2.45, 2.75) is 38.4 Å². The highest BCUT2D eigenvalue weighted by molar-refractivity contribution is 6.35. The van der Waals surface area contributed by atoms with Gasteiger partial charge in [0.1, 0.15) is 0 Å². The summed E-state index contributed by atoms with van der Waals surface area (Å²) in [5.41, 5.74) is 1.93. The number of aromatic nitrogens is 2. The van der Waals surface area contributed by atoms with Crippen LogP contribution in [0.25, 0.3) is 0 Å². The average Bonchev–Trinajstić information content (AvgIpc) is 3.13. The predicted molar refractivity (Wildman–Crippen MR) is 97.8 cm³/mol. The van der Waals surface area contributed by atoms with Crippen LogP contribution < -0.4 is 0 Å². The van der Waals surface area contributed by atoms with Crippen molar-refractivity contribution in [3.05, 3.63) is 52.0 Å². The first-order chi connectivity index (χ1) is 12.1. The standard InChI is InChI=1S/C18H21Cl2N3O2/c19-14-3-1-13(17(20)9-14)2-4-18(24)23-7-5-16(6-8-23)25-11-15-10-21-12-22-15/h1,3,9-10,12,16H,2,4-8,11H2,(H,21,22). The Morgan fingerprint density at radius 3 is 2.80 bits per heavy atom. The molecule has 0 radical (unpaired) electrons. The van der Waals surface area contributed by atoms with E-state index in [0.717, 1.165) is 37.2 Å². The molecular weight excluding hydrogens is 361 g/mol. The van der Waals surface area contributed by atoms with Gasteiger partial charge in [0.15, 0.2) is 0 Å². The molecule has 0 unspecified atom stereocenters. The van der Waals surface area contributed by atoms with Crippen LogP contribution in [-0.2, 0) is 22.6 Å². The normalized spacial score (nSPS) is 15.5. The maximum Gasteiger partial charge on any atom is 0.222 e. The number of nitrogens with zero attached hydrogens (tertiary/aromatic N) is 2. The van der Waals surface area contributed by atoms with Crippen LogP contribution in [0.15, 0.2) is 30.7 Å². The number of halogens is 2. The Hall–Kier alpha value is -1.56. The largest absolute Gasteiger partial charge is 0.372 e. The van der Waals surface area contributed by atoms with Crippen molar-refractivity contribution in [2.75, 3.05) is 13.1 Å². The molecular formula is C18H21Cl2N3O2. The lowest BCUT2D eigenvalue weighted by molar-refractivity contribution is -0.134. The summed E-state index contributed by atoms with van der Waals surface area (Å²) in [4.78, 5) is 21.3. The zero-order valence-electron chi connectivity index (χ0n) is 13.9. The highest BCUT2D eigenvalue weighted by Gasteiger charge is 2.23. The number of aryl methyl sites for hydroxylation is 1. The van der Waals surface area contributed by atoms with Gasteiger partial charge in [-0.05, 0) is 37.0 Å². The number of amides is 1. The monoisotopic (exact) mass is 381 g/mol. The molecule has 1 fully saturated rings. The van der Waals surface area contributed by atoms with Gasteiger partial charge in [-0.1, -0.05) is 29.3 Å². The van der Waals surface area contributed by atoms with Gasteiger partial charge in [0, 0.05) is 29.6 Å². The molecule has 0 aliphatic carbocycles. The number of hydrogen-bond donors (Lipinski definition) is 1. The number of piperidine rings is 1. The number of rotatable bonds is 6. The SMILES string of the molecule is O=C(CCc1ccc(Cl)cc1Cl)N1CCC(OCc2cnc[nH]2)CC1. The van der Waals surface area contributed by atoms with Gasteiger partial charge in [-0.25, -0.2) is 4.98 Å². The van der Waals surface area contributed by atoms with E-state index in [9.17, 15) is 4.79 Å². The molecule has 1 aromatic heterocycles. The van der Waals surface area contributed by atoms with Gasteiger partial charge in [0.25, 0.3) is 0 Å². The van der Waals surface area contributed by atoms with E-state index in [1.807, 2.05) is 11.0 Å². The Balaban J connectivity index is 1.40. The zero-order valence-corrected chi connectivity index (χ0v) is 15.4. The van der Waals surface area contributed by atoms with E-state index >= 15 is 0 Å². The second-order valence-corrected chi connectivity index (χ2v) is 7.05. The van der Waals surface area contributed by atoms with E-state index in [1.165, 1.54) is 0 Å². The van der Waals surface area contributed by atoms with Crippen LogP contribution in [0.2, 0.25) is 10.0 Å². The number of aromatic amines is 1. The summed E-state index contributed by atoms with van der Waals surface area (Å²) in [7, 11) is 0. The van der Waals surface area contributed by atoms with Crippen LogP contribution in [0.1, 0.15) is 30.5 Å². The van der Waals surface area contributed by atoms with Crippen molar-refractivity contribution in [3.63, 3.8) is 0 Å². The van der Waals surface area contributed by atoms with E-state index < -0.39 is 0 Å². The first-order valence-electron chi connectivity index (χ1n) is 8.42. The fourth-order valence-corrected chi connectivity index (χ4v) is 3.47. The molecule has 1 aliphatic heterocycles. The Morgan fingerprint density at radius 1 is 1.32 bits per heavy atom. The maximum absolute atomic E-state index is 12.4. The summed E-state index contributed by atoms with van der Waals surface area (Å²) in [6.07, 6.45) is 6.42. The fraction of sp³-hybridized carbons (Fsp3) is 0.444. The number of H-pyrrole nitrogens is 1. The Kier molecular flexibility index (Phi) is 6.34. The molecule has 5 nitrogen and oxygen atoms in total. The van der Waals surface area contributed by atoms with Crippen molar-refractivity contribution in [2.24, 2.45) is 0 Å². The molecule has 25 heavy (non-hydrogen) atoms. The van der Waals surface area contributed by atoms with Crippen LogP contribution in [0.4, 0.5) is 0 Å². The number of carbonyl (C=O) groups excluding carboxylic acids is 1. The topological polar surface area (TPSA) is 58.2 Å². The van der Waals surface area contributed by atoms with E-state index in [-0.39, 0.29) is 12.0 Å². The second kappa shape index (κ2) is 8.70. The van der Waals surface area contributed by atoms with Gasteiger partial charge < -0.3 is 14.6 Å². The molecule has 1 aromatic carbocycles. The maximum atomic E-state index is 12.4. The number of nitrogens with one attached hydrogen (secondary N) is 1. The summed E-state index contributed by atoms with van der Waals surface area (Å²) in [5, 5.41) is 1.23. The van der Waals surface area contributed by atoms with Gasteiger partial charge in [-0.15, -0.1) is 0 Å². The minimum Gasteiger partial charge on any atom is -0.372 e. The molecule has 0 atom stereocenters. The van der Waals surface area contributed by atoms with Crippen molar-refractivity contribution in [1.82, 2.24) is 14.9 Å². The minimum absolute atomic E-state index is 0.165. The molecule has 3 rings (SSSR count). The molecule has 1 amide bonds. The fourth-order valence-electron chi connectivity index (χ4n) is 2.97. The molecule has 1 saturated heterocycles. The predicted octanol–water partition coefficient (Wildman–Crippen LogP) is 3.86. The summed E-state index contributed by atoms with van der Waals surface area (Å²) >= 11 is 12.1. The quantitative estimate of drug-likeness (QED) is 0.826. The molecule has 0 bridgehead atoms. The molecule has 1 aliphatic rings. The molecule has 134 valence electrons. The third-order valence-electron chi connectivity index (χ3n) is 4.45. The highest BCUT2D eigenvalue weighted by atomic mass is 35.5. The smallest absolute Gasteiger partial charge is 0.222 e. The van der Waals surface area contributed by atoms with Crippen LogP contribution in [0.5, 0.6) is 0 Å². The number of benzene rings is 1. The van der Waals surface area contributed by atoms with Gasteiger partial charge in [0.05, 0.1) is 30.9 Å². The van der Waals surface area contributed by atoms with Crippen LogP contribution in [0, 0.1) is 0 Å². The highest BCUT2D eigenvalue weighted by Crippen LogP contribution is 2.23. The molecule has 0 saturated carbocycles. The summed E-state index contributed by atoms with van der Waals surface area (Å²) in [6, 6.07) is 5.40. The van der Waals surface area contributed by atoms with Crippen molar-refractivity contribution >= 4 is 29.1 Å². The lowest BCUT2D eigenvalue weighted by Gasteiger charge is -2.32. The van der Waals surface area contributed by atoms with E-state index in [1.54, 1.807) is 24.7 Å². The Morgan fingerprint density at radius 2 is 2.12 bits per heavy atom. The second-order valence-electron chi connectivity index (χ2n) is 6.20. The van der Waals surface area contributed by atoms with Crippen molar-refractivity contribution < 1.29 is 9.53 Å². The zero-order chi connectivity index (χ0) is 17.6. The van der Waals surface area contributed by atoms with Gasteiger partial charge in [0.2, 0.25) is 5.91 Å². The van der Waals surface area contributed by atoms with Crippen LogP contribution >= 0.6 is 23.2 Å². The van der Waals surface area contributed by atoms with E-state index in [0.29, 0.717) is 29.5 Å². The number of likely N-dealkylation sites (tertiary alicyclic amines) is 1. The lowest BCUT2D eigenvalue weighted by Crippen LogP contribution is -2.40.